The molecule has 0 radical (unpaired) electrons. The average molecular weight is 771 g/mol. The molecule has 0 amide bonds. The molecule has 0 aliphatic heterocycles. The van der Waals surface area contributed by atoms with Crippen molar-refractivity contribution in [1.82, 2.24) is 19.5 Å². The fraction of sp³-hybridized carbons (Fsp3) is 0. The maximum Gasteiger partial charge on any atom is 0.165 e. The zero-order chi connectivity index (χ0) is 38.6. The summed E-state index contributed by atoms with van der Waals surface area (Å²) in [6.45, 7) is 0. The lowest BCUT2D eigenvalue weighted by molar-refractivity contribution is 0.669. The van der Waals surface area contributed by atoms with Gasteiger partial charge in [0.15, 0.2) is 17.5 Å². The topological polar surface area (TPSA) is 56.7 Å². The van der Waals surface area contributed by atoms with E-state index in [4.69, 9.17) is 19.4 Å². The first-order valence-corrected chi connectivity index (χ1v) is 20.6. The van der Waals surface area contributed by atoms with Crippen LogP contribution in [0.25, 0.3) is 125 Å². The number of benzene rings is 9. The highest BCUT2D eigenvalue weighted by Gasteiger charge is 2.21. The number of hydrogen-bond acceptors (Lipinski definition) is 5. The maximum absolute atomic E-state index is 6.23. The Morgan fingerprint density at radius 1 is 0.390 bits per heavy atom. The van der Waals surface area contributed by atoms with Crippen LogP contribution in [0.1, 0.15) is 0 Å². The predicted octanol–water partition coefficient (Wildman–Crippen LogP) is 14.5. The fourth-order valence-electron chi connectivity index (χ4n) is 8.99. The minimum atomic E-state index is 0.605. The van der Waals surface area contributed by atoms with Crippen LogP contribution in [0, 0.1) is 0 Å². The van der Waals surface area contributed by atoms with Crippen molar-refractivity contribution >= 4 is 96.8 Å². The summed E-state index contributed by atoms with van der Waals surface area (Å²) < 4.78 is 11.0. The molecule has 0 bridgehead atoms. The molecular weight excluding hydrogens is 741 g/mol. The van der Waals surface area contributed by atoms with Crippen LogP contribution in [-0.4, -0.2) is 19.5 Å². The molecule has 6 heteroatoms. The Morgan fingerprint density at radius 3 is 1.86 bits per heavy atom. The Balaban J connectivity index is 1.12. The maximum atomic E-state index is 6.23. The van der Waals surface area contributed by atoms with Crippen molar-refractivity contribution in [3.63, 3.8) is 0 Å². The molecule has 9 aromatic carbocycles. The largest absolute Gasteiger partial charge is 0.456 e. The van der Waals surface area contributed by atoms with E-state index in [1.807, 2.05) is 24.3 Å². The normalized spacial score (nSPS) is 12.1. The molecule has 13 aromatic rings. The van der Waals surface area contributed by atoms with Gasteiger partial charge in [0.05, 0.1) is 11.0 Å². The van der Waals surface area contributed by atoms with Gasteiger partial charge < -0.3 is 8.98 Å². The standard InChI is InChI=1S/C53H30N4OS/c1-2-12-32-25-35(22-21-31(32)11-1)51-54-52(36-23-24-48-42(27-36)39-16-6-9-19-47(39)58-48)56-53(55-51)44-30-37(29-43-40-17-7-10-20-49(40)59-50(43)44)57-45-18-8-5-15-38(45)41-26-33-13-3-4-14-34(33)28-46(41)57/h1-30H. The molecule has 13 rings (SSSR count). The summed E-state index contributed by atoms with van der Waals surface area (Å²) in [6, 6.07) is 64.6. The van der Waals surface area contributed by atoms with E-state index in [0.29, 0.717) is 17.5 Å². The van der Waals surface area contributed by atoms with E-state index in [1.165, 1.54) is 42.4 Å². The Labute approximate surface area is 341 Å². The first-order valence-electron chi connectivity index (χ1n) is 19.8. The zero-order valence-electron chi connectivity index (χ0n) is 31.4. The molecule has 5 nitrogen and oxygen atoms in total. The van der Waals surface area contributed by atoms with Crippen LogP contribution >= 0.6 is 11.3 Å². The van der Waals surface area contributed by atoms with E-state index in [9.17, 15) is 0 Å². The molecule has 59 heavy (non-hydrogen) atoms. The molecule has 4 heterocycles. The lowest BCUT2D eigenvalue weighted by atomic mass is 10.0. The van der Waals surface area contributed by atoms with E-state index in [-0.39, 0.29) is 0 Å². The minimum Gasteiger partial charge on any atom is -0.456 e. The van der Waals surface area contributed by atoms with Gasteiger partial charge in [-0.25, -0.2) is 15.0 Å². The summed E-state index contributed by atoms with van der Waals surface area (Å²) in [5.74, 6) is 1.85. The highest BCUT2D eigenvalue weighted by atomic mass is 32.1. The summed E-state index contributed by atoms with van der Waals surface area (Å²) >= 11 is 1.79. The molecular formula is C53H30N4OS. The molecule has 0 unspecified atom stereocenters. The van der Waals surface area contributed by atoms with Crippen LogP contribution in [0.2, 0.25) is 0 Å². The lowest BCUT2D eigenvalue weighted by Gasteiger charge is -2.13. The summed E-state index contributed by atoms with van der Waals surface area (Å²) in [5, 5.41) is 11.6. The van der Waals surface area contributed by atoms with E-state index in [2.05, 4.69) is 162 Å². The summed E-state index contributed by atoms with van der Waals surface area (Å²) in [7, 11) is 0. The number of fused-ring (bicyclic) bond motifs is 11. The molecule has 0 saturated heterocycles. The quantitative estimate of drug-likeness (QED) is 0.179. The number of rotatable bonds is 4. The van der Waals surface area contributed by atoms with Gasteiger partial charge in [0.25, 0.3) is 0 Å². The van der Waals surface area contributed by atoms with Crippen molar-refractivity contribution in [2.24, 2.45) is 0 Å². The number of hydrogen-bond donors (Lipinski definition) is 0. The Bertz CT molecular complexity index is 3870. The molecule has 274 valence electrons. The summed E-state index contributed by atoms with van der Waals surface area (Å²) in [4.78, 5) is 16.0. The third-order valence-electron chi connectivity index (χ3n) is 11.8. The molecule has 0 saturated carbocycles. The Kier molecular flexibility index (Phi) is 6.82. The van der Waals surface area contributed by atoms with E-state index in [0.717, 1.165) is 65.4 Å². The van der Waals surface area contributed by atoms with E-state index >= 15 is 0 Å². The van der Waals surface area contributed by atoms with Crippen LogP contribution < -0.4 is 0 Å². The summed E-state index contributed by atoms with van der Waals surface area (Å²) in [5.41, 5.74) is 7.84. The number of nitrogens with zero attached hydrogens (tertiary/aromatic N) is 4. The van der Waals surface area contributed by atoms with Gasteiger partial charge in [0.1, 0.15) is 11.2 Å². The fourth-order valence-corrected chi connectivity index (χ4v) is 10.2. The average Bonchev–Trinajstić information content (AvgIpc) is 3.96. The van der Waals surface area contributed by atoms with Gasteiger partial charge >= 0.3 is 0 Å². The number of para-hydroxylation sites is 2. The van der Waals surface area contributed by atoms with Crippen LogP contribution in [0.15, 0.2) is 186 Å². The van der Waals surface area contributed by atoms with Crippen molar-refractivity contribution in [3.8, 4) is 39.9 Å². The zero-order valence-corrected chi connectivity index (χ0v) is 32.2. The summed E-state index contributed by atoms with van der Waals surface area (Å²) in [6.07, 6.45) is 0. The first kappa shape index (κ1) is 32.4. The Morgan fingerprint density at radius 2 is 1.02 bits per heavy atom. The molecule has 4 aromatic heterocycles. The molecule has 0 aliphatic carbocycles. The van der Waals surface area contributed by atoms with Crippen molar-refractivity contribution in [3.05, 3.63) is 182 Å². The van der Waals surface area contributed by atoms with Crippen LogP contribution in [-0.2, 0) is 0 Å². The smallest absolute Gasteiger partial charge is 0.165 e. The monoisotopic (exact) mass is 770 g/mol. The third kappa shape index (κ3) is 5.00. The predicted molar refractivity (Wildman–Crippen MR) is 246 cm³/mol. The molecule has 0 N–H and O–H groups in total. The van der Waals surface area contributed by atoms with Gasteiger partial charge in [0.2, 0.25) is 0 Å². The minimum absolute atomic E-state index is 0.605. The van der Waals surface area contributed by atoms with Crippen molar-refractivity contribution in [1.29, 1.82) is 0 Å². The van der Waals surface area contributed by atoms with Gasteiger partial charge in [0, 0.05) is 64.1 Å². The Hall–Kier alpha value is -7.67. The number of aromatic nitrogens is 4. The van der Waals surface area contributed by atoms with Crippen molar-refractivity contribution in [2.45, 2.75) is 0 Å². The number of thiophene rings is 1. The van der Waals surface area contributed by atoms with Crippen molar-refractivity contribution in [2.75, 3.05) is 0 Å². The van der Waals surface area contributed by atoms with Crippen LogP contribution in [0.4, 0.5) is 0 Å². The molecule has 0 atom stereocenters. The second-order valence-corrected chi connectivity index (χ2v) is 16.3. The van der Waals surface area contributed by atoms with Crippen LogP contribution in [0.5, 0.6) is 0 Å². The first-order chi connectivity index (χ1) is 29.2. The van der Waals surface area contributed by atoms with Gasteiger partial charge in [-0.3, -0.25) is 0 Å². The van der Waals surface area contributed by atoms with Gasteiger partial charge in [-0.15, -0.1) is 11.3 Å². The second kappa shape index (κ2) is 12.4. The lowest BCUT2D eigenvalue weighted by Crippen LogP contribution is -2.01. The SMILES string of the molecule is c1ccc2cc(-c3nc(-c4ccc5oc6ccccc6c5c4)nc(-c4cc(-n5c6ccccc6c6cc7ccccc7cc65)cc5c4sc4ccccc45)n3)ccc2c1. The van der Waals surface area contributed by atoms with E-state index < -0.39 is 0 Å². The molecule has 0 spiro atoms. The highest BCUT2D eigenvalue weighted by molar-refractivity contribution is 7.26. The van der Waals surface area contributed by atoms with Gasteiger partial charge in [-0.2, -0.15) is 0 Å². The second-order valence-electron chi connectivity index (χ2n) is 15.2. The molecule has 0 aliphatic rings. The van der Waals surface area contributed by atoms with E-state index in [1.54, 1.807) is 11.3 Å². The third-order valence-corrected chi connectivity index (χ3v) is 13.0. The van der Waals surface area contributed by atoms with Crippen LogP contribution in [0.3, 0.4) is 0 Å². The molecule has 0 fully saturated rings. The number of furan rings is 1. The van der Waals surface area contributed by atoms with Gasteiger partial charge in [-0.05, 0) is 88.3 Å². The van der Waals surface area contributed by atoms with Gasteiger partial charge in [-0.1, -0.05) is 115 Å². The van der Waals surface area contributed by atoms with Crippen molar-refractivity contribution < 1.29 is 4.42 Å². The highest BCUT2D eigenvalue weighted by Crippen LogP contribution is 2.44.